The van der Waals surface area contributed by atoms with Gasteiger partial charge in [0.2, 0.25) is 11.7 Å². The van der Waals surface area contributed by atoms with Crippen molar-refractivity contribution >= 4 is 41.6 Å². The van der Waals surface area contributed by atoms with Gasteiger partial charge in [0.1, 0.15) is 36.1 Å². The van der Waals surface area contributed by atoms with E-state index >= 15 is 0 Å². The first-order valence-corrected chi connectivity index (χ1v) is 20.4. The molecule has 16 heteroatoms. The summed E-state index contributed by atoms with van der Waals surface area (Å²) in [4.78, 5) is 95.3. The number of ether oxygens (including phenoxy) is 6. The Bertz CT molecular complexity index is 2040. The van der Waals surface area contributed by atoms with Crippen molar-refractivity contribution in [1.29, 1.82) is 0 Å². The summed E-state index contributed by atoms with van der Waals surface area (Å²) in [7, 11) is 2.76. The minimum atomic E-state index is -1.05. The zero-order valence-corrected chi connectivity index (χ0v) is 35.5. The number of esters is 2. The number of fused-ring (bicyclic) bond motifs is 4. The minimum Gasteiger partial charge on any atom is -0.488 e. The normalized spacial score (nSPS) is 22.5. The van der Waals surface area contributed by atoms with Crippen LogP contribution in [0.1, 0.15) is 99.1 Å². The van der Waals surface area contributed by atoms with Crippen LogP contribution in [0, 0.1) is 11.8 Å². The van der Waals surface area contributed by atoms with Crippen LogP contribution in [0.15, 0.2) is 30.3 Å². The van der Waals surface area contributed by atoms with Crippen molar-refractivity contribution in [3.8, 4) is 16.9 Å². The maximum absolute atomic E-state index is 13.8. The highest BCUT2D eigenvalue weighted by molar-refractivity contribution is 6.04. The van der Waals surface area contributed by atoms with Gasteiger partial charge in [-0.05, 0) is 101 Å². The highest BCUT2D eigenvalue weighted by Crippen LogP contribution is 2.42. The fourth-order valence-corrected chi connectivity index (χ4v) is 8.41. The molecule has 2 fully saturated rings. The van der Waals surface area contributed by atoms with Gasteiger partial charge in [0.15, 0.2) is 18.5 Å². The summed E-state index contributed by atoms with van der Waals surface area (Å²) < 4.78 is 32.9. The van der Waals surface area contributed by atoms with Crippen LogP contribution in [0.3, 0.4) is 0 Å². The first kappa shape index (κ1) is 44.1. The second kappa shape index (κ2) is 18.0. The quantitative estimate of drug-likeness (QED) is 0.180. The Kier molecular flexibility index (Phi) is 13.2. The fraction of sp³-hybridized carbons (Fsp3) is 0.568. The largest absolute Gasteiger partial charge is 0.488 e. The maximum atomic E-state index is 13.8. The van der Waals surface area contributed by atoms with Crippen LogP contribution in [-0.2, 0) is 51.1 Å². The SMILES string of the molecule is COC[C@H]1C[C@@H](C(=O)OCC(=O)c2ccc3c(c2)COc2cc4c(cc2-3)CCC(OC(=O)[C@@H]2CC[C@H](C)N2C(=O)[C@@H](NC(=O)OC)C(C)C)C4=O)N(C(=O)OC(C)(C)C)C1. The van der Waals surface area contributed by atoms with E-state index in [2.05, 4.69) is 5.32 Å². The number of carbonyl (C=O) groups is 7. The number of hydrogen-bond donors (Lipinski definition) is 1. The Hall–Kier alpha value is -5.51. The van der Waals surface area contributed by atoms with E-state index in [-0.39, 0.29) is 43.2 Å². The van der Waals surface area contributed by atoms with Gasteiger partial charge in [0.25, 0.3) is 0 Å². The van der Waals surface area contributed by atoms with Crippen LogP contribution in [0.25, 0.3) is 11.1 Å². The number of likely N-dealkylation sites (tertiary alicyclic amines) is 2. The third kappa shape index (κ3) is 9.43. The number of Topliss-reactive ketones (excluding diaryl/α,β-unsaturated/α-hetero) is 2. The number of nitrogens with zero attached hydrogens (tertiary/aromatic N) is 2. The molecule has 6 atom stereocenters. The molecule has 324 valence electrons. The van der Waals surface area contributed by atoms with Crippen LogP contribution >= 0.6 is 0 Å². The molecule has 2 saturated heterocycles. The number of alkyl carbamates (subject to hydrolysis) is 1. The third-order valence-electron chi connectivity index (χ3n) is 11.4. The van der Waals surface area contributed by atoms with E-state index in [9.17, 15) is 33.6 Å². The number of benzene rings is 2. The average molecular weight is 834 g/mol. The molecular weight excluding hydrogens is 778 g/mol. The number of amides is 3. The summed E-state index contributed by atoms with van der Waals surface area (Å²) in [6.07, 6.45) is -0.538. The molecule has 1 aliphatic carbocycles. The zero-order valence-electron chi connectivity index (χ0n) is 35.5. The lowest BCUT2D eigenvalue weighted by Crippen LogP contribution is -2.56. The summed E-state index contributed by atoms with van der Waals surface area (Å²) in [5, 5.41) is 2.57. The van der Waals surface area contributed by atoms with E-state index in [0.717, 1.165) is 22.3 Å². The fourth-order valence-electron chi connectivity index (χ4n) is 8.41. The smallest absolute Gasteiger partial charge is 0.411 e. The standard InChI is InChI=1S/C44H55N3O13/c1-23(2)37(45-42(53)56-8)39(50)47-24(3)9-13-32(47)41(52)59-35-14-11-26-17-31-29-12-10-27(16-28(29)21-57-36(31)18-30(26)38(35)49)34(48)22-58-40(51)33-15-25(20-55-7)19-46(33)43(54)60-44(4,5)6/h10,12,16-18,23-25,32-33,35,37H,9,11,13-15,19-22H2,1-8H3,(H,45,53)/t24-,25-,32-,33-,35?,37-/m0/s1. The van der Waals surface area contributed by atoms with Gasteiger partial charge in [-0.2, -0.15) is 0 Å². The van der Waals surface area contributed by atoms with Gasteiger partial charge in [-0.3, -0.25) is 19.3 Å². The molecule has 6 rings (SSSR count). The predicted octanol–water partition coefficient (Wildman–Crippen LogP) is 5.04. The van der Waals surface area contributed by atoms with Gasteiger partial charge in [-0.25, -0.2) is 19.2 Å². The molecule has 16 nitrogen and oxygen atoms in total. The molecule has 0 radical (unpaired) electrons. The summed E-state index contributed by atoms with van der Waals surface area (Å²) in [5.41, 5.74) is 2.98. The molecule has 0 spiro atoms. The first-order valence-electron chi connectivity index (χ1n) is 20.4. The lowest BCUT2D eigenvalue weighted by atomic mass is 9.84. The third-order valence-corrected chi connectivity index (χ3v) is 11.4. The monoisotopic (exact) mass is 833 g/mol. The summed E-state index contributed by atoms with van der Waals surface area (Å²) in [6.45, 7) is 10.8. The second-order valence-electron chi connectivity index (χ2n) is 17.3. The van der Waals surface area contributed by atoms with Gasteiger partial charge in [-0.1, -0.05) is 26.0 Å². The van der Waals surface area contributed by atoms with Crippen LogP contribution in [0.4, 0.5) is 9.59 Å². The molecule has 3 aliphatic heterocycles. The van der Waals surface area contributed by atoms with Crippen molar-refractivity contribution in [3.63, 3.8) is 0 Å². The van der Waals surface area contributed by atoms with Gasteiger partial charge in [0, 0.05) is 42.3 Å². The molecule has 1 N–H and O–H groups in total. The molecule has 4 aliphatic rings. The van der Waals surface area contributed by atoms with E-state index in [1.165, 1.54) is 16.9 Å². The summed E-state index contributed by atoms with van der Waals surface area (Å²) >= 11 is 0. The summed E-state index contributed by atoms with van der Waals surface area (Å²) in [5.74, 6) is -2.50. The van der Waals surface area contributed by atoms with Crippen LogP contribution in [-0.4, -0.2) is 121 Å². The minimum absolute atomic E-state index is 0.0968. The van der Waals surface area contributed by atoms with Gasteiger partial charge >= 0.3 is 24.1 Å². The molecule has 0 aromatic heterocycles. The lowest BCUT2D eigenvalue weighted by Gasteiger charge is -2.33. The topological polar surface area (TPSA) is 193 Å². The highest BCUT2D eigenvalue weighted by atomic mass is 16.6. The molecule has 3 heterocycles. The van der Waals surface area contributed by atoms with Crippen molar-refractivity contribution in [1.82, 2.24) is 15.1 Å². The van der Waals surface area contributed by atoms with Crippen molar-refractivity contribution in [2.24, 2.45) is 11.8 Å². The molecule has 2 aromatic carbocycles. The molecule has 3 amide bonds. The zero-order chi connectivity index (χ0) is 43.6. The molecular formula is C44H55N3O13. The molecule has 0 saturated carbocycles. The Balaban J connectivity index is 1.10. The van der Waals surface area contributed by atoms with Crippen molar-refractivity contribution in [2.45, 2.75) is 116 Å². The Labute approximate surface area is 349 Å². The Morgan fingerprint density at radius 2 is 1.67 bits per heavy atom. The number of rotatable bonds is 11. The van der Waals surface area contributed by atoms with E-state index < -0.39 is 72.3 Å². The van der Waals surface area contributed by atoms with Crippen molar-refractivity contribution < 1.29 is 62.0 Å². The number of methoxy groups -OCH3 is 2. The molecule has 2 aromatic rings. The number of ketones is 2. The molecule has 0 bridgehead atoms. The number of nitrogens with one attached hydrogen (secondary N) is 1. The van der Waals surface area contributed by atoms with E-state index in [1.54, 1.807) is 66.0 Å². The molecule has 60 heavy (non-hydrogen) atoms. The Morgan fingerprint density at radius 1 is 0.917 bits per heavy atom. The average Bonchev–Trinajstić information content (AvgIpc) is 3.82. The predicted molar refractivity (Wildman–Crippen MR) is 214 cm³/mol. The number of carbonyl (C=O) groups excluding carboxylic acids is 7. The first-order chi connectivity index (χ1) is 28.4. The van der Waals surface area contributed by atoms with Crippen molar-refractivity contribution in [3.05, 3.63) is 52.6 Å². The second-order valence-corrected chi connectivity index (χ2v) is 17.3. The molecule has 1 unspecified atom stereocenters. The van der Waals surface area contributed by atoms with Gasteiger partial charge in [0.05, 0.1) is 13.7 Å². The number of hydrogen-bond acceptors (Lipinski definition) is 13. The van der Waals surface area contributed by atoms with E-state index in [1.807, 2.05) is 13.0 Å². The van der Waals surface area contributed by atoms with Gasteiger partial charge in [-0.15, -0.1) is 0 Å². The van der Waals surface area contributed by atoms with Crippen molar-refractivity contribution in [2.75, 3.05) is 34.0 Å². The number of aryl methyl sites for hydroxylation is 1. The Morgan fingerprint density at radius 3 is 2.35 bits per heavy atom. The summed E-state index contributed by atoms with van der Waals surface area (Å²) in [6, 6.07) is 5.65. The van der Waals surface area contributed by atoms with Gasteiger partial charge < -0.3 is 38.6 Å². The van der Waals surface area contributed by atoms with Crippen LogP contribution in [0.2, 0.25) is 0 Å². The lowest BCUT2D eigenvalue weighted by molar-refractivity contribution is -0.158. The maximum Gasteiger partial charge on any atom is 0.411 e. The van der Waals surface area contributed by atoms with E-state index in [4.69, 9.17) is 28.4 Å². The highest BCUT2D eigenvalue weighted by Gasteiger charge is 2.45. The van der Waals surface area contributed by atoms with Crippen LogP contribution in [0.5, 0.6) is 5.75 Å². The van der Waals surface area contributed by atoms with Crippen LogP contribution < -0.4 is 10.1 Å². The van der Waals surface area contributed by atoms with E-state index in [0.29, 0.717) is 49.2 Å².